The highest BCUT2D eigenvalue weighted by molar-refractivity contribution is 7.77. The molecule has 0 saturated heterocycles. The van der Waals surface area contributed by atoms with Crippen LogP contribution < -0.4 is 0 Å². The molecule has 66 valence electrons. The Bertz CT molecular complexity index is 132. The van der Waals surface area contributed by atoms with Crippen molar-refractivity contribution in [3.05, 3.63) is 0 Å². The first kappa shape index (κ1) is 10.9. The van der Waals surface area contributed by atoms with Crippen molar-refractivity contribution < 1.29 is 4.79 Å². The summed E-state index contributed by atoms with van der Waals surface area (Å²) < 4.78 is 0. The predicted molar refractivity (Wildman–Crippen MR) is 50.2 cm³/mol. The highest BCUT2D eigenvalue weighted by Crippen LogP contribution is 2.23. The molecule has 0 aliphatic rings. The predicted octanol–water partition coefficient (Wildman–Crippen LogP) is 2.38. The normalized spacial score (nSPS) is 16.5. The lowest BCUT2D eigenvalue weighted by Gasteiger charge is -2.28. The molecule has 11 heavy (non-hydrogen) atoms. The average molecular weight is 173 g/mol. The molecule has 0 heterocycles. The molecular formula is C9H17OS-. The molecule has 0 aromatic heterocycles. The molecule has 2 heteroatoms. The third-order valence-corrected chi connectivity index (χ3v) is 2.52. The third-order valence-electron chi connectivity index (χ3n) is 2.25. The van der Waals surface area contributed by atoms with Crippen molar-refractivity contribution in [2.24, 2.45) is 17.8 Å². The smallest absolute Gasteiger partial charge is 0.0156 e. The third kappa shape index (κ3) is 3.19. The molecular weight excluding hydrogens is 156 g/mol. The van der Waals surface area contributed by atoms with Gasteiger partial charge in [0.2, 0.25) is 0 Å². The van der Waals surface area contributed by atoms with Crippen molar-refractivity contribution in [3.8, 4) is 0 Å². The molecule has 0 aliphatic carbocycles. The molecule has 0 aromatic carbocycles. The number of hydrogen-bond acceptors (Lipinski definition) is 2. The van der Waals surface area contributed by atoms with E-state index in [-0.39, 0.29) is 11.0 Å². The quantitative estimate of drug-likeness (QED) is 0.607. The standard InChI is InChI=1S/C9H18OS/c1-5-7(4)8(6(2)3)9(10)11/h6-8H,5H2,1-4H3,(H,10,11)/p-1/t7-,8?/m0/s1. The van der Waals surface area contributed by atoms with Gasteiger partial charge >= 0.3 is 0 Å². The Morgan fingerprint density at radius 1 is 1.36 bits per heavy atom. The van der Waals surface area contributed by atoms with E-state index in [1.807, 2.05) is 0 Å². The second kappa shape index (κ2) is 4.70. The van der Waals surface area contributed by atoms with E-state index in [2.05, 4.69) is 40.3 Å². The Kier molecular flexibility index (Phi) is 4.66. The Morgan fingerprint density at radius 2 is 1.82 bits per heavy atom. The van der Waals surface area contributed by atoms with Crippen LogP contribution in [0.3, 0.4) is 0 Å². The van der Waals surface area contributed by atoms with Crippen LogP contribution in [0.2, 0.25) is 0 Å². The SMILES string of the molecule is CC[C@H](C)C(C(=O)[S-])C(C)C. The molecule has 0 fully saturated rings. The molecule has 0 aromatic rings. The summed E-state index contributed by atoms with van der Waals surface area (Å²) >= 11 is 4.68. The van der Waals surface area contributed by atoms with Gasteiger partial charge in [-0.1, -0.05) is 34.1 Å². The summed E-state index contributed by atoms with van der Waals surface area (Å²) in [5.41, 5.74) is 0. The molecule has 1 nitrogen and oxygen atoms in total. The number of carbonyl (C=O) groups excluding carboxylic acids is 1. The minimum atomic E-state index is -0.0747. The molecule has 0 amide bonds. The van der Waals surface area contributed by atoms with E-state index in [1.54, 1.807) is 0 Å². The minimum absolute atomic E-state index is 0.0747. The second-order valence-corrected chi connectivity index (χ2v) is 3.88. The first-order chi connectivity index (χ1) is 5.00. The van der Waals surface area contributed by atoms with Crippen LogP contribution in [0.4, 0.5) is 0 Å². The van der Waals surface area contributed by atoms with Crippen molar-refractivity contribution in [3.63, 3.8) is 0 Å². The Hall–Kier alpha value is -0.110. The Morgan fingerprint density at radius 3 is 1.91 bits per heavy atom. The molecule has 0 radical (unpaired) electrons. The Balaban J connectivity index is 4.21. The lowest BCUT2D eigenvalue weighted by Crippen LogP contribution is -2.24. The van der Waals surface area contributed by atoms with E-state index in [9.17, 15) is 4.79 Å². The van der Waals surface area contributed by atoms with Crippen LogP contribution in [-0.4, -0.2) is 5.12 Å². The largest absolute Gasteiger partial charge is 0.742 e. The van der Waals surface area contributed by atoms with Crippen LogP contribution in [0, 0.1) is 17.8 Å². The van der Waals surface area contributed by atoms with Gasteiger partial charge in [-0.25, -0.2) is 0 Å². The first-order valence-corrected chi connectivity index (χ1v) is 4.62. The summed E-state index contributed by atoms with van der Waals surface area (Å²) in [4.78, 5) is 11.0. The van der Waals surface area contributed by atoms with Gasteiger partial charge in [0.1, 0.15) is 0 Å². The molecule has 0 N–H and O–H groups in total. The van der Waals surface area contributed by atoms with E-state index in [0.29, 0.717) is 11.8 Å². The van der Waals surface area contributed by atoms with Crippen molar-refractivity contribution in [2.45, 2.75) is 34.1 Å². The van der Waals surface area contributed by atoms with E-state index in [1.165, 1.54) is 0 Å². The van der Waals surface area contributed by atoms with Gasteiger partial charge in [-0.15, -0.1) is 0 Å². The van der Waals surface area contributed by atoms with Gasteiger partial charge in [0, 0.05) is 11.0 Å². The minimum Gasteiger partial charge on any atom is -0.742 e. The van der Waals surface area contributed by atoms with Gasteiger partial charge in [0.25, 0.3) is 0 Å². The molecule has 1 unspecified atom stereocenters. The molecule has 0 rings (SSSR count). The zero-order chi connectivity index (χ0) is 9.02. The lowest BCUT2D eigenvalue weighted by molar-refractivity contribution is -0.117. The number of rotatable bonds is 4. The maximum Gasteiger partial charge on any atom is 0.0156 e. The summed E-state index contributed by atoms with van der Waals surface area (Å²) in [6.45, 7) is 8.30. The fourth-order valence-corrected chi connectivity index (χ4v) is 1.92. The highest BCUT2D eigenvalue weighted by Gasteiger charge is 2.19. The maximum atomic E-state index is 11.0. The fourth-order valence-electron chi connectivity index (χ4n) is 1.42. The zero-order valence-corrected chi connectivity index (χ0v) is 8.57. The fraction of sp³-hybridized carbons (Fsp3) is 0.889. The summed E-state index contributed by atoms with van der Waals surface area (Å²) in [6, 6.07) is 0. The monoisotopic (exact) mass is 173 g/mol. The van der Waals surface area contributed by atoms with Crippen molar-refractivity contribution in [2.75, 3.05) is 0 Å². The van der Waals surface area contributed by atoms with Crippen LogP contribution in [0.15, 0.2) is 0 Å². The molecule has 0 spiro atoms. The van der Waals surface area contributed by atoms with Crippen LogP contribution in [-0.2, 0) is 17.4 Å². The van der Waals surface area contributed by atoms with Gasteiger partial charge < -0.3 is 17.4 Å². The summed E-state index contributed by atoms with van der Waals surface area (Å²) in [6.07, 6.45) is 1.03. The molecule has 0 saturated carbocycles. The van der Waals surface area contributed by atoms with Crippen LogP contribution in [0.1, 0.15) is 34.1 Å². The lowest BCUT2D eigenvalue weighted by atomic mass is 9.84. The maximum absolute atomic E-state index is 11.0. The summed E-state index contributed by atoms with van der Waals surface area (Å²) in [7, 11) is 0. The van der Waals surface area contributed by atoms with Gasteiger partial charge in [-0.3, -0.25) is 0 Å². The summed E-state index contributed by atoms with van der Waals surface area (Å²) in [5.74, 6) is 0.893. The topological polar surface area (TPSA) is 17.1 Å². The van der Waals surface area contributed by atoms with Crippen LogP contribution in [0.25, 0.3) is 0 Å². The first-order valence-electron chi connectivity index (χ1n) is 4.21. The van der Waals surface area contributed by atoms with Crippen LogP contribution in [0.5, 0.6) is 0 Å². The van der Waals surface area contributed by atoms with Crippen molar-refractivity contribution in [1.82, 2.24) is 0 Å². The molecule has 2 atom stereocenters. The second-order valence-electron chi connectivity index (χ2n) is 3.47. The van der Waals surface area contributed by atoms with E-state index in [0.717, 1.165) is 6.42 Å². The van der Waals surface area contributed by atoms with Gasteiger partial charge in [-0.05, 0) is 11.8 Å². The van der Waals surface area contributed by atoms with Crippen molar-refractivity contribution >= 4 is 17.7 Å². The van der Waals surface area contributed by atoms with E-state index in [4.69, 9.17) is 0 Å². The molecule has 0 bridgehead atoms. The summed E-state index contributed by atoms with van der Waals surface area (Å²) in [5, 5.41) is -0.0747. The highest BCUT2D eigenvalue weighted by atomic mass is 32.1. The van der Waals surface area contributed by atoms with E-state index >= 15 is 0 Å². The average Bonchev–Trinajstić information content (AvgIpc) is 1.85. The van der Waals surface area contributed by atoms with Crippen LogP contribution >= 0.6 is 0 Å². The Labute approximate surface area is 75.0 Å². The van der Waals surface area contributed by atoms with Gasteiger partial charge in [0.15, 0.2) is 0 Å². The number of hydrogen-bond donors (Lipinski definition) is 0. The van der Waals surface area contributed by atoms with E-state index < -0.39 is 0 Å². The zero-order valence-electron chi connectivity index (χ0n) is 7.76. The van der Waals surface area contributed by atoms with Gasteiger partial charge in [-0.2, -0.15) is 0 Å². The van der Waals surface area contributed by atoms with Crippen molar-refractivity contribution in [1.29, 1.82) is 0 Å². The number of carbonyl (C=O) groups is 1. The molecule has 0 aliphatic heterocycles. The van der Waals surface area contributed by atoms with Gasteiger partial charge in [0.05, 0.1) is 0 Å².